The van der Waals surface area contributed by atoms with Gasteiger partial charge in [-0.1, -0.05) is 6.08 Å². The highest BCUT2D eigenvalue weighted by Gasteiger charge is 2.32. The molecule has 3 N–H and O–H groups in total. The van der Waals surface area contributed by atoms with E-state index < -0.39 is 12.3 Å². The minimum Gasteiger partial charge on any atom is -0.494 e. The van der Waals surface area contributed by atoms with Gasteiger partial charge in [0.05, 0.1) is 25.4 Å². The number of allylic oxidation sites excluding steroid dienone is 3. The van der Waals surface area contributed by atoms with Crippen LogP contribution in [0.2, 0.25) is 0 Å². The molecule has 2 atom stereocenters. The van der Waals surface area contributed by atoms with Gasteiger partial charge in [-0.3, -0.25) is 10.1 Å². The maximum Gasteiger partial charge on any atom is 0.262 e. The standard InChI is InChI=1S/C22H31N3O5/c1-3-28-16-8-10-17(11-9-16)29-13-12-24-21(26)15-25-14-20(22(27)23-2)30-19-7-5-4-6-18(19)25/h4,6,8-11,20-21,24,26H,3,5,7,12-15H2,1-2H3,(H,23,27). The first kappa shape index (κ1) is 22.0. The Morgan fingerprint density at radius 1 is 1.30 bits per heavy atom. The van der Waals surface area contributed by atoms with Crippen molar-refractivity contribution in [3.8, 4) is 11.5 Å². The Labute approximate surface area is 177 Å². The van der Waals surface area contributed by atoms with Gasteiger partial charge in [0, 0.05) is 20.0 Å². The normalized spacial score (nSPS) is 19.0. The minimum atomic E-state index is -0.763. The van der Waals surface area contributed by atoms with Crippen LogP contribution in [-0.2, 0) is 9.53 Å². The van der Waals surface area contributed by atoms with Crippen LogP contribution in [-0.4, -0.2) is 68.1 Å². The van der Waals surface area contributed by atoms with E-state index in [1.165, 1.54) is 0 Å². The van der Waals surface area contributed by atoms with Crippen LogP contribution in [0.5, 0.6) is 11.5 Å². The van der Waals surface area contributed by atoms with E-state index in [0.717, 1.165) is 35.8 Å². The Balaban J connectivity index is 1.46. The van der Waals surface area contributed by atoms with Crippen LogP contribution in [0.1, 0.15) is 19.8 Å². The molecule has 1 aromatic carbocycles. The van der Waals surface area contributed by atoms with Crippen LogP contribution < -0.4 is 20.1 Å². The first-order chi connectivity index (χ1) is 14.6. The van der Waals surface area contributed by atoms with Crippen molar-refractivity contribution in [3.63, 3.8) is 0 Å². The van der Waals surface area contributed by atoms with Crippen LogP contribution in [0, 0.1) is 0 Å². The van der Waals surface area contributed by atoms with Crippen LogP contribution in [0.15, 0.2) is 47.9 Å². The first-order valence-corrected chi connectivity index (χ1v) is 10.4. The number of rotatable bonds is 10. The second kappa shape index (κ2) is 10.9. The number of aliphatic hydroxyl groups excluding tert-OH is 1. The molecule has 1 aromatic rings. The average molecular weight is 418 g/mol. The third-order valence-electron chi connectivity index (χ3n) is 4.93. The van der Waals surface area contributed by atoms with E-state index in [-0.39, 0.29) is 5.91 Å². The summed E-state index contributed by atoms with van der Waals surface area (Å²) in [4.78, 5) is 14.1. The second-order valence-electron chi connectivity index (χ2n) is 7.10. The SMILES string of the molecule is CCOc1ccc(OCCNC(O)CN2CC(C(=O)NC)OC3=C2C=CCC3)cc1. The zero-order chi connectivity index (χ0) is 21.3. The van der Waals surface area contributed by atoms with E-state index in [9.17, 15) is 9.90 Å². The molecule has 2 aliphatic rings. The molecular formula is C22H31N3O5. The van der Waals surface area contributed by atoms with Crippen molar-refractivity contribution >= 4 is 5.91 Å². The number of β-amino-alcohol motifs (C(OH)–C–C–N with tert-alkyl or cyclic N) is 1. The molecule has 0 bridgehead atoms. The number of likely N-dealkylation sites (N-methyl/N-ethyl adjacent to an activating group) is 1. The van der Waals surface area contributed by atoms with Gasteiger partial charge in [0.1, 0.15) is 30.1 Å². The summed E-state index contributed by atoms with van der Waals surface area (Å²) >= 11 is 0. The number of aliphatic hydroxyl groups is 1. The summed E-state index contributed by atoms with van der Waals surface area (Å²) in [6.07, 6.45) is 4.39. The van der Waals surface area contributed by atoms with E-state index >= 15 is 0 Å². The molecule has 30 heavy (non-hydrogen) atoms. The van der Waals surface area contributed by atoms with E-state index in [1.54, 1.807) is 7.05 Å². The van der Waals surface area contributed by atoms with Crippen molar-refractivity contribution < 1.29 is 24.1 Å². The van der Waals surface area contributed by atoms with Gasteiger partial charge >= 0.3 is 0 Å². The molecule has 8 nitrogen and oxygen atoms in total. The third kappa shape index (κ3) is 5.90. The van der Waals surface area contributed by atoms with E-state index in [1.807, 2.05) is 42.2 Å². The number of benzene rings is 1. The lowest BCUT2D eigenvalue weighted by molar-refractivity contribution is -0.132. The first-order valence-electron chi connectivity index (χ1n) is 10.4. The minimum absolute atomic E-state index is 0.160. The number of nitrogens with one attached hydrogen (secondary N) is 2. The predicted octanol–water partition coefficient (Wildman–Crippen LogP) is 1.38. The van der Waals surface area contributed by atoms with Gasteiger partial charge in [-0.2, -0.15) is 0 Å². The topological polar surface area (TPSA) is 92.3 Å². The number of carbonyl (C=O) groups is 1. The summed E-state index contributed by atoms with van der Waals surface area (Å²) in [5.41, 5.74) is 0.938. The highest BCUT2D eigenvalue weighted by molar-refractivity contribution is 5.81. The fourth-order valence-corrected chi connectivity index (χ4v) is 3.48. The van der Waals surface area contributed by atoms with Crippen molar-refractivity contribution in [2.45, 2.75) is 32.1 Å². The molecule has 1 aliphatic heterocycles. The van der Waals surface area contributed by atoms with Crippen molar-refractivity contribution in [3.05, 3.63) is 47.9 Å². The zero-order valence-corrected chi connectivity index (χ0v) is 17.6. The number of nitrogens with zero attached hydrogens (tertiary/aromatic N) is 1. The van der Waals surface area contributed by atoms with Crippen molar-refractivity contribution in [1.82, 2.24) is 15.5 Å². The maximum atomic E-state index is 12.1. The van der Waals surface area contributed by atoms with Crippen molar-refractivity contribution in [2.75, 3.05) is 39.9 Å². The molecule has 0 spiro atoms. The molecule has 1 amide bonds. The Morgan fingerprint density at radius 3 is 2.73 bits per heavy atom. The van der Waals surface area contributed by atoms with Crippen LogP contribution >= 0.6 is 0 Å². The van der Waals surface area contributed by atoms with Crippen molar-refractivity contribution in [1.29, 1.82) is 0 Å². The molecule has 1 heterocycles. The van der Waals surface area contributed by atoms with Gasteiger partial charge in [-0.15, -0.1) is 0 Å². The number of amides is 1. The summed E-state index contributed by atoms with van der Waals surface area (Å²) in [6.45, 7) is 4.22. The van der Waals surface area contributed by atoms with Gasteiger partial charge in [0.25, 0.3) is 5.91 Å². The number of hydrogen-bond acceptors (Lipinski definition) is 7. The number of ether oxygens (including phenoxy) is 3. The Hall–Kier alpha value is -2.71. The van der Waals surface area contributed by atoms with Gasteiger partial charge in [0.2, 0.25) is 0 Å². The number of hydrogen-bond donors (Lipinski definition) is 3. The van der Waals surface area contributed by atoms with Crippen LogP contribution in [0.4, 0.5) is 0 Å². The Kier molecular flexibility index (Phi) is 7.98. The second-order valence-corrected chi connectivity index (χ2v) is 7.10. The quantitative estimate of drug-likeness (QED) is 0.391. The molecule has 0 fully saturated rings. The third-order valence-corrected chi connectivity index (χ3v) is 4.93. The summed E-state index contributed by atoms with van der Waals surface area (Å²) in [7, 11) is 1.60. The highest BCUT2D eigenvalue weighted by Crippen LogP contribution is 2.29. The zero-order valence-electron chi connectivity index (χ0n) is 17.6. The van der Waals surface area contributed by atoms with Crippen molar-refractivity contribution in [2.24, 2.45) is 0 Å². The van der Waals surface area contributed by atoms with Crippen LogP contribution in [0.3, 0.4) is 0 Å². The highest BCUT2D eigenvalue weighted by atomic mass is 16.5. The summed E-state index contributed by atoms with van der Waals surface area (Å²) < 4.78 is 17.0. The molecular weight excluding hydrogens is 386 g/mol. The van der Waals surface area contributed by atoms with Crippen LogP contribution in [0.25, 0.3) is 0 Å². The largest absolute Gasteiger partial charge is 0.494 e. The Morgan fingerprint density at radius 2 is 2.03 bits per heavy atom. The number of carbonyl (C=O) groups excluding carboxylic acids is 1. The molecule has 2 unspecified atom stereocenters. The molecule has 0 radical (unpaired) electrons. The fraction of sp³-hybridized carbons (Fsp3) is 0.500. The molecule has 8 heteroatoms. The maximum absolute atomic E-state index is 12.1. The molecule has 0 aromatic heterocycles. The summed E-state index contributed by atoms with van der Waals surface area (Å²) in [6, 6.07) is 7.45. The lowest BCUT2D eigenvalue weighted by atomic mass is 10.1. The molecule has 0 saturated heterocycles. The fourth-order valence-electron chi connectivity index (χ4n) is 3.48. The summed E-state index contributed by atoms with van der Waals surface area (Å²) in [5, 5.41) is 16.2. The van der Waals surface area contributed by atoms with E-state index in [2.05, 4.69) is 16.7 Å². The van der Waals surface area contributed by atoms with Gasteiger partial charge in [0.15, 0.2) is 6.10 Å². The lowest BCUT2D eigenvalue weighted by Crippen LogP contribution is -2.50. The summed E-state index contributed by atoms with van der Waals surface area (Å²) in [5.74, 6) is 2.21. The van der Waals surface area contributed by atoms with E-state index in [0.29, 0.717) is 32.8 Å². The van der Waals surface area contributed by atoms with Gasteiger partial charge < -0.3 is 29.5 Å². The average Bonchev–Trinajstić information content (AvgIpc) is 2.77. The van der Waals surface area contributed by atoms with Gasteiger partial charge in [-0.25, -0.2) is 0 Å². The Bertz CT molecular complexity index is 763. The van der Waals surface area contributed by atoms with Gasteiger partial charge in [-0.05, 0) is 43.7 Å². The molecule has 1 aliphatic carbocycles. The molecule has 0 saturated carbocycles. The van der Waals surface area contributed by atoms with E-state index in [4.69, 9.17) is 14.2 Å². The molecule has 164 valence electrons. The monoisotopic (exact) mass is 417 g/mol. The predicted molar refractivity (Wildman–Crippen MR) is 113 cm³/mol. The smallest absolute Gasteiger partial charge is 0.262 e. The molecule has 3 rings (SSSR count). The lowest BCUT2D eigenvalue weighted by Gasteiger charge is -2.38.